The standard InChI is InChI=1S/C9H14N6O4/c1-4(7-11-13-14-12-7)10-9(19)15-3-5(16)2-6(15)8(17)18/h4-6,16H,2-3H2,1H3,(H,10,19)(H,17,18)(H,11,12,13,14). The van der Waals surface area contributed by atoms with Crippen molar-refractivity contribution in [2.75, 3.05) is 6.54 Å². The Morgan fingerprint density at radius 3 is 2.89 bits per heavy atom. The number of carboxylic acid groups (broad SMARTS) is 1. The smallest absolute Gasteiger partial charge is 0.326 e. The van der Waals surface area contributed by atoms with Crippen LogP contribution < -0.4 is 5.32 Å². The minimum absolute atomic E-state index is 0.0121. The molecule has 10 heteroatoms. The number of aliphatic hydroxyl groups excluding tert-OH is 1. The summed E-state index contributed by atoms with van der Waals surface area (Å²) in [5, 5.41) is 34.1. The largest absolute Gasteiger partial charge is 0.480 e. The first kappa shape index (κ1) is 13.2. The van der Waals surface area contributed by atoms with Crippen LogP contribution in [-0.2, 0) is 4.79 Å². The molecule has 0 aliphatic carbocycles. The van der Waals surface area contributed by atoms with Gasteiger partial charge in [0.15, 0.2) is 5.82 Å². The van der Waals surface area contributed by atoms with Crippen molar-refractivity contribution < 1.29 is 19.8 Å². The highest BCUT2D eigenvalue weighted by Crippen LogP contribution is 2.19. The number of carbonyl (C=O) groups excluding carboxylic acids is 1. The number of carbonyl (C=O) groups is 2. The molecule has 4 N–H and O–H groups in total. The van der Waals surface area contributed by atoms with E-state index in [1.54, 1.807) is 6.92 Å². The van der Waals surface area contributed by atoms with Crippen LogP contribution in [0.25, 0.3) is 0 Å². The number of aliphatic hydroxyl groups is 1. The van der Waals surface area contributed by atoms with Gasteiger partial charge in [0.2, 0.25) is 0 Å². The Morgan fingerprint density at radius 1 is 1.58 bits per heavy atom. The summed E-state index contributed by atoms with van der Waals surface area (Å²) in [6.07, 6.45) is -0.799. The first-order chi connectivity index (χ1) is 8.99. The average molecular weight is 270 g/mol. The number of nitrogens with zero attached hydrogens (tertiary/aromatic N) is 4. The number of hydrogen-bond donors (Lipinski definition) is 4. The van der Waals surface area contributed by atoms with Gasteiger partial charge >= 0.3 is 12.0 Å². The van der Waals surface area contributed by atoms with Gasteiger partial charge in [-0.3, -0.25) is 0 Å². The Balaban J connectivity index is 2.01. The van der Waals surface area contributed by atoms with Crippen molar-refractivity contribution in [3.63, 3.8) is 0 Å². The van der Waals surface area contributed by atoms with Crippen molar-refractivity contribution in [2.24, 2.45) is 0 Å². The van der Waals surface area contributed by atoms with Crippen molar-refractivity contribution in [3.05, 3.63) is 5.82 Å². The molecule has 0 saturated carbocycles. The molecule has 1 saturated heterocycles. The lowest BCUT2D eigenvalue weighted by Crippen LogP contribution is -2.46. The monoisotopic (exact) mass is 270 g/mol. The van der Waals surface area contributed by atoms with E-state index in [0.717, 1.165) is 4.90 Å². The number of tetrazole rings is 1. The third-order valence-corrected chi connectivity index (χ3v) is 2.91. The van der Waals surface area contributed by atoms with Crippen LogP contribution in [0.5, 0.6) is 0 Å². The highest BCUT2D eigenvalue weighted by atomic mass is 16.4. The zero-order valence-electron chi connectivity index (χ0n) is 10.1. The van der Waals surface area contributed by atoms with Crippen LogP contribution in [0.3, 0.4) is 0 Å². The third kappa shape index (κ3) is 2.78. The number of rotatable bonds is 3. The molecule has 19 heavy (non-hydrogen) atoms. The number of hydrogen-bond acceptors (Lipinski definition) is 6. The van der Waals surface area contributed by atoms with Crippen LogP contribution in [0.1, 0.15) is 25.2 Å². The highest BCUT2D eigenvalue weighted by Gasteiger charge is 2.39. The number of H-pyrrole nitrogens is 1. The summed E-state index contributed by atoms with van der Waals surface area (Å²) in [4.78, 5) is 24.1. The normalized spacial score (nSPS) is 24.2. The van der Waals surface area contributed by atoms with Gasteiger partial charge in [-0.15, -0.1) is 10.2 Å². The van der Waals surface area contributed by atoms with Gasteiger partial charge in [0.05, 0.1) is 12.1 Å². The van der Waals surface area contributed by atoms with Crippen LogP contribution in [0.4, 0.5) is 4.79 Å². The van der Waals surface area contributed by atoms with E-state index < -0.39 is 30.2 Å². The minimum atomic E-state index is -1.14. The number of amides is 2. The predicted octanol–water partition coefficient (Wildman–Crippen LogP) is -1.51. The van der Waals surface area contributed by atoms with Crippen LogP contribution in [0, 0.1) is 0 Å². The lowest BCUT2D eigenvalue weighted by molar-refractivity contribution is -0.141. The number of nitrogens with one attached hydrogen (secondary N) is 2. The van der Waals surface area contributed by atoms with Crippen molar-refractivity contribution >= 4 is 12.0 Å². The molecule has 2 amide bonds. The molecule has 2 rings (SSSR count). The summed E-state index contributed by atoms with van der Waals surface area (Å²) in [6.45, 7) is 1.63. The average Bonchev–Trinajstić information content (AvgIpc) is 2.96. The molecule has 10 nitrogen and oxygen atoms in total. The summed E-state index contributed by atoms with van der Waals surface area (Å²) < 4.78 is 0. The van der Waals surface area contributed by atoms with E-state index >= 15 is 0 Å². The van der Waals surface area contributed by atoms with Gasteiger partial charge in [-0.2, -0.15) is 5.21 Å². The topological polar surface area (TPSA) is 144 Å². The molecule has 1 aliphatic rings. The molecule has 0 bridgehead atoms. The molecule has 104 valence electrons. The molecule has 0 radical (unpaired) electrons. The summed E-state index contributed by atoms with van der Waals surface area (Å²) in [5.41, 5.74) is 0. The van der Waals surface area contributed by atoms with Crippen LogP contribution in [-0.4, -0.2) is 66.4 Å². The molecular formula is C9H14N6O4. The summed E-state index contributed by atoms with van der Waals surface area (Å²) in [7, 11) is 0. The number of β-amino-alcohol motifs (C(OH)–C–C–N with tert-alkyl or cyclic N) is 1. The van der Waals surface area contributed by atoms with E-state index in [1.807, 2.05) is 0 Å². The third-order valence-electron chi connectivity index (χ3n) is 2.91. The zero-order chi connectivity index (χ0) is 14.0. The van der Waals surface area contributed by atoms with E-state index in [-0.39, 0.29) is 13.0 Å². The number of aromatic nitrogens is 4. The second-order valence-corrected chi connectivity index (χ2v) is 4.34. The number of carboxylic acids is 1. The van der Waals surface area contributed by atoms with Crippen molar-refractivity contribution in [1.29, 1.82) is 0 Å². The Morgan fingerprint density at radius 2 is 2.32 bits per heavy atom. The van der Waals surface area contributed by atoms with Gasteiger partial charge in [0, 0.05) is 13.0 Å². The molecular weight excluding hydrogens is 256 g/mol. The maximum Gasteiger partial charge on any atom is 0.326 e. The first-order valence-corrected chi connectivity index (χ1v) is 5.70. The molecule has 0 aromatic carbocycles. The van der Waals surface area contributed by atoms with Crippen LogP contribution in [0.2, 0.25) is 0 Å². The van der Waals surface area contributed by atoms with E-state index in [0.29, 0.717) is 5.82 Å². The van der Waals surface area contributed by atoms with Gasteiger partial charge in [-0.05, 0) is 6.92 Å². The minimum Gasteiger partial charge on any atom is -0.480 e. The lowest BCUT2D eigenvalue weighted by Gasteiger charge is -2.23. The summed E-state index contributed by atoms with van der Waals surface area (Å²) in [5.74, 6) is -0.848. The molecule has 1 aromatic heterocycles. The molecule has 1 fully saturated rings. The zero-order valence-corrected chi connectivity index (χ0v) is 10.1. The number of aliphatic carboxylic acids is 1. The molecule has 0 spiro atoms. The SMILES string of the molecule is CC(NC(=O)N1CC(O)CC1C(=O)O)c1nn[nH]n1. The van der Waals surface area contributed by atoms with Gasteiger partial charge < -0.3 is 20.4 Å². The Bertz CT molecular complexity index is 463. The van der Waals surface area contributed by atoms with Crippen LogP contribution >= 0.6 is 0 Å². The maximum atomic E-state index is 12.0. The van der Waals surface area contributed by atoms with Crippen molar-refractivity contribution in [3.8, 4) is 0 Å². The Labute approximate surface area is 107 Å². The maximum absolute atomic E-state index is 12.0. The molecule has 3 atom stereocenters. The molecule has 1 aliphatic heterocycles. The van der Waals surface area contributed by atoms with Gasteiger partial charge in [-0.25, -0.2) is 9.59 Å². The number of urea groups is 1. The van der Waals surface area contributed by atoms with Crippen molar-refractivity contribution in [2.45, 2.75) is 31.5 Å². The van der Waals surface area contributed by atoms with Crippen LogP contribution in [0.15, 0.2) is 0 Å². The lowest BCUT2D eigenvalue weighted by atomic mass is 10.2. The second-order valence-electron chi connectivity index (χ2n) is 4.34. The summed E-state index contributed by atoms with van der Waals surface area (Å²) >= 11 is 0. The van der Waals surface area contributed by atoms with Gasteiger partial charge in [0.1, 0.15) is 6.04 Å². The van der Waals surface area contributed by atoms with E-state index in [9.17, 15) is 14.7 Å². The number of likely N-dealkylation sites (tertiary alicyclic amines) is 1. The van der Waals surface area contributed by atoms with E-state index in [2.05, 4.69) is 25.9 Å². The second kappa shape index (κ2) is 5.18. The first-order valence-electron chi connectivity index (χ1n) is 5.70. The number of aromatic amines is 1. The van der Waals surface area contributed by atoms with Crippen molar-refractivity contribution in [1.82, 2.24) is 30.8 Å². The molecule has 3 unspecified atom stereocenters. The quantitative estimate of drug-likeness (QED) is 0.522. The molecule has 2 heterocycles. The van der Waals surface area contributed by atoms with Gasteiger partial charge in [-0.1, -0.05) is 5.21 Å². The Hall–Kier alpha value is -2.23. The fourth-order valence-corrected chi connectivity index (χ4v) is 1.96. The van der Waals surface area contributed by atoms with Gasteiger partial charge in [0.25, 0.3) is 0 Å². The fourth-order valence-electron chi connectivity index (χ4n) is 1.96. The molecule has 1 aromatic rings. The summed E-state index contributed by atoms with van der Waals surface area (Å²) in [6, 6.07) is -2.12. The predicted molar refractivity (Wildman–Crippen MR) is 59.9 cm³/mol. The van der Waals surface area contributed by atoms with E-state index in [1.165, 1.54) is 0 Å². The van der Waals surface area contributed by atoms with E-state index in [4.69, 9.17) is 5.11 Å². The highest BCUT2D eigenvalue weighted by molar-refractivity contribution is 5.83. The Kier molecular flexibility index (Phi) is 3.60. The fraction of sp³-hybridized carbons (Fsp3) is 0.667.